The maximum atomic E-state index is 13.3. The van der Waals surface area contributed by atoms with E-state index in [0.29, 0.717) is 22.6 Å². The van der Waals surface area contributed by atoms with E-state index in [1.54, 1.807) is 37.3 Å². The predicted octanol–water partition coefficient (Wildman–Crippen LogP) is 4.51. The maximum absolute atomic E-state index is 13.3. The Hall–Kier alpha value is -3.04. The summed E-state index contributed by atoms with van der Waals surface area (Å²) in [4.78, 5) is 11.6. The summed E-state index contributed by atoms with van der Waals surface area (Å²) in [5, 5.41) is 23.6. The molecule has 0 unspecified atom stereocenters. The van der Waals surface area contributed by atoms with Gasteiger partial charge in [0.25, 0.3) is 0 Å². The molecule has 1 aliphatic rings. The van der Waals surface area contributed by atoms with E-state index < -0.39 is 22.1 Å². The van der Waals surface area contributed by atoms with Gasteiger partial charge in [-0.15, -0.1) is 0 Å². The number of hydrogen-bond donors (Lipinski definition) is 3. The van der Waals surface area contributed by atoms with Crippen molar-refractivity contribution in [3.63, 3.8) is 0 Å². The number of nitrogens with zero attached hydrogens (tertiary/aromatic N) is 1. The predicted molar refractivity (Wildman–Crippen MR) is 153 cm³/mol. The van der Waals surface area contributed by atoms with E-state index in [-0.39, 0.29) is 29.1 Å². The van der Waals surface area contributed by atoms with E-state index in [1.165, 1.54) is 30.3 Å². The molecule has 3 N–H and O–H groups in total. The molecule has 0 radical (unpaired) electrons. The van der Waals surface area contributed by atoms with Crippen molar-refractivity contribution in [1.29, 1.82) is 0 Å². The number of aliphatic hydroxyl groups excluding tert-OH is 1. The average Bonchev–Trinajstić information content (AvgIpc) is 3.29. The van der Waals surface area contributed by atoms with Crippen molar-refractivity contribution >= 4 is 16.0 Å². The summed E-state index contributed by atoms with van der Waals surface area (Å²) >= 11 is 0. The molecule has 0 amide bonds. The molecule has 7 nitrogen and oxygen atoms in total. The number of carbonyl (C=O) groups is 1. The van der Waals surface area contributed by atoms with Crippen LogP contribution in [0.15, 0.2) is 71.6 Å². The third-order valence-electron chi connectivity index (χ3n) is 7.56. The minimum atomic E-state index is -3.87. The molecule has 0 aliphatic heterocycles. The summed E-state index contributed by atoms with van der Waals surface area (Å²) in [5.74, 6) is -0.491. The fraction of sp³-hybridized carbons (Fsp3) is 0.387. The van der Waals surface area contributed by atoms with Crippen LogP contribution in [0, 0.1) is 12.8 Å². The van der Waals surface area contributed by atoms with Gasteiger partial charge in [0.05, 0.1) is 16.6 Å². The Morgan fingerprint density at radius 3 is 2.31 bits per heavy atom. The van der Waals surface area contributed by atoms with Gasteiger partial charge in [-0.2, -0.15) is 4.31 Å². The van der Waals surface area contributed by atoms with E-state index in [4.69, 9.17) is 0 Å². The molecule has 1 atom stereocenters. The van der Waals surface area contributed by atoms with E-state index in [1.807, 2.05) is 0 Å². The maximum Gasteiger partial charge on any atom is 0.335 e. The number of sulfonamides is 1. The number of aliphatic hydroxyl groups is 1. The van der Waals surface area contributed by atoms with Gasteiger partial charge in [0.15, 0.2) is 0 Å². The molecule has 3 aromatic carbocycles. The third kappa shape index (κ3) is 6.94. The molecule has 0 saturated carbocycles. The molecule has 0 spiro atoms. The highest BCUT2D eigenvalue weighted by Crippen LogP contribution is 2.32. The number of benzene rings is 3. The van der Waals surface area contributed by atoms with Gasteiger partial charge in [-0.25, -0.2) is 13.2 Å². The zero-order valence-electron chi connectivity index (χ0n) is 23.0. The van der Waals surface area contributed by atoms with Gasteiger partial charge >= 0.3 is 5.97 Å². The SMILES string of the molecule is Cc1ccc(-c2cccc(S(=O)(=O)N(C)C[C@H](O)CNC(C)(C)CC3Cc4ccccc4C3)c2)cc1C(=O)O. The Labute approximate surface area is 231 Å². The lowest BCUT2D eigenvalue weighted by Gasteiger charge is -2.31. The minimum Gasteiger partial charge on any atom is -0.478 e. The molecule has 208 valence electrons. The van der Waals surface area contributed by atoms with Gasteiger partial charge in [-0.05, 0) is 92.0 Å². The summed E-state index contributed by atoms with van der Waals surface area (Å²) < 4.78 is 27.8. The first-order valence-corrected chi connectivity index (χ1v) is 14.7. The van der Waals surface area contributed by atoms with Gasteiger partial charge in [0.1, 0.15) is 0 Å². The molecule has 3 aromatic rings. The van der Waals surface area contributed by atoms with Crippen molar-refractivity contribution in [2.45, 2.75) is 56.6 Å². The molecule has 1 aliphatic carbocycles. The number of hydrogen-bond acceptors (Lipinski definition) is 5. The fourth-order valence-corrected chi connectivity index (χ4v) is 6.74. The van der Waals surface area contributed by atoms with Gasteiger partial charge in [-0.3, -0.25) is 0 Å². The molecular weight excluding hydrogens is 512 g/mol. The zero-order chi connectivity index (χ0) is 28.4. The molecule has 39 heavy (non-hydrogen) atoms. The van der Waals surface area contributed by atoms with Crippen molar-refractivity contribution in [3.05, 3.63) is 89.0 Å². The highest BCUT2D eigenvalue weighted by Gasteiger charge is 2.29. The quantitative estimate of drug-likeness (QED) is 0.324. The van der Waals surface area contributed by atoms with E-state index in [2.05, 4.69) is 43.4 Å². The monoisotopic (exact) mass is 550 g/mol. The highest BCUT2D eigenvalue weighted by molar-refractivity contribution is 7.89. The number of fused-ring (bicyclic) bond motifs is 1. The summed E-state index contributed by atoms with van der Waals surface area (Å²) in [6, 6.07) is 20.0. The van der Waals surface area contributed by atoms with Crippen LogP contribution in [0.2, 0.25) is 0 Å². The Balaban J connectivity index is 1.36. The summed E-state index contributed by atoms with van der Waals surface area (Å²) in [5.41, 5.74) is 4.66. The Morgan fingerprint density at radius 2 is 1.67 bits per heavy atom. The molecule has 0 bridgehead atoms. The number of carboxylic acids is 1. The van der Waals surface area contributed by atoms with Crippen molar-refractivity contribution in [3.8, 4) is 11.1 Å². The summed E-state index contributed by atoms with van der Waals surface area (Å²) in [6.45, 7) is 6.18. The smallest absolute Gasteiger partial charge is 0.335 e. The highest BCUT2D eigenvalue weighted by atomic mass is 32.2. The first-order chi connectivity index (χ1) is 18.4. The molecule has 4 rings (SSSR count). The lowest BCUT2D eigenvalue weighted by atomic mass is 9.88. The second kappa shape index (κ2) is 11.6. The second-order valence-corrected chi connectivity index (χ2v) is 13.4. The zero-order valence-corrected chi connectivity index (χ0v) is 23.8. The van der Waals surface area contributed by atoms with Crippen LogP contribution in [0.1, 0.15) is 47.3 Å². The first kappa shape index (κ1) is 29.0. The standard InChI is InChI=1S/C31H38N2O5S/c1-21-12-13-26(17-29(21)30(35)36)25-10-7-11-28(16-25)39(37,38)33(4)20-27(34)19-32-31(2,3)18-22-14-23-8-5-6-9-24(23)15-22/h5-13,16-17,22,27,32,34H,14-15,18-20H2,1-4H3,(H,35,36)/t27-/m1/s1. The minimum absolute atomic E-state index is 0.0573. The van der Waals surface area contributed by atoms with Crippen LogP contribution in [0.4, 0.5) is 0 Å². The van der Waals surface area contributed by atoms with E-state index in [0.717, 1.165) is 23.6 Å². The number of carboxylic acid groups (broad SMARTS) is 1. The number of β-amino-alcohol motifs (C(OH)–C–C–N with tert-alkyl or cyclic N) is 1. The number of rotatable bonds is 11. The molecule has 8 heteroatoms. The van der Waals surface area contributed by atoms with Crippen LogP contribution in [-0.4, -0.2) is 60.7 Å². The van der Waals surface area contributed by atoms with Crippen LogP contribution >= 0.6 is 0 Å². The summed E-state index contributed by atoms with van der Waals surface area (Å²) in [7, 11) is -2.41. The second-order valence-electron chi connectivity index (χ2n) is 11.3. The van der Waals surface area contributed by atoms with Crippen molar-refractivity contribution in [2.75, 3.05) is 20.1 Å². The van der Waals surface area contributed by atoms with Gasteiger partial charge in [0, 0.05) is 25.7 Å². The van der Waals surface area contributed by atoms with Crippen molar-refractivity contribution in [1.82, 2.24) is 9.62 Å². The Bertz CT molecular complexity index is 1430. The number of aromatic carboxylic acids is 1. The first-order valence-electron chi connectivity index (χ1n) is 13.3. The molecule has 0 aromatic heterocycles. The van der Waals surface area contributed by atoms with Gasteiger partial charge < -0.3 is 15.5 Å². The van der Waals surface area contributed by atoms with Crippen LogP contribution < -0.4 is 5.32 Å². The topological polar surface area (TPSA) is 107 Å². The number of aryl methyl sites for hydroxylation is 1. The normalized spacial score (nSPS) is 14.9. The fourth-order valence-electron chi connectivity index (χ4n) is 5.49. The van der Waals surface area contributed by atoms with Crippen molar-refractivity contribution in [2.24, 2.45) is 5.92 Å². The summed E-state index contributed by atoms with van der Waals surface area (Å²) in [6.07, 6.45) is 2.19. The van der Waals surface area contributed by atoms with Crippen LogP contribution in [0.5, 0.6) is 0 Å². The van der Waals surface area contributed by atoms with Crippen LogP contribution in [0.25, 0.3) is 11.1 Å². The molecular formula is C31H38N2O5S. The Kier molecular flexibility index (Phi) is 8.61. The third-order valence-corrected chi connectivity index (χ3v) is 9.38. The Morgan fingerprint density at radius 1 is 1.03 bits per heavy atom. The number of nitrogens with one attached hydrogen (secondary N) is 1. The van der Waals surface area contributed by atoms with Crippen LogP contribution in [0.3, 0.4) is 0 Å². The van der Waals surface area contributed by atoms with E-state index in [9.17, 15) is 23.4 Å². The lowest BCUT2D eigenvalue weighted by molar-refractivity contribution is 0.0696. The van der Waals surface area contributed by atoms with Gasteiger partial charge in [0.2, 0.25) is 10.0 Å². The number of likely N-dealkylation sites (N-methyl/N-ethyl adjacent to an activating group) is 1. The van der Waals surface area contributed by atoms with Gasteiger partial charge in [-0.1, -0.05) is 48.5 Å². The lowest BCUT2D eigenvalue weighted by Crippen LogP contribution is -2.47. The molecule has 0 heterocycles. The average molecular weight is 551 g/mol. The van der Waals surface area contributed by atoms with E-state index >= 15 is 0 Å². The van der Waals surface area contributed by atoms with Crippen molar-refractivity contribution < 1.29 is 23.4 Å². The largest absolute Gasteiger partial charge is 0.478 e. The molecule has 0 saturated heterocycles. The molecule has 0 fully saturated rings. The van der Waals surface area contributed by atoms with Crippen LogP contribution in [-0.2, 0) is 22.9 Å².